The van der Waals surface area contributed by atoms with Crippen LogP contribution >= 0.6 is 0 Å². The van der Waals surface area contributed by atoms with Crippen LogP contribution in [-0.2, 0) is 17.8 Å². The maximum absolute atomic E-state index is 13.3. The van der Waals surface area contributed by atoms with E-state index in [4.69, 9.17) is 0 Å². The van der Waals surface area contributed by atoms with Crippen molar-refractivity contribution in [3.05, 3.63) is 97.1 Å². The van der Waals surface area contributed by atoms with Crippen LogP contribution in [0.4, 0.5) is 0 Å². The average Bonchev–Trinajstić information content (AvgIpc) is 2.95. The lowest BCUT2D eigenvalue weighted by Crippen LogP contribution is -2.37. The van der Waals surface area contributed by atoms with Gasteiger partial charge in [-0.25, -0.2) is 0 Å². The van der Waals surface area contributed by atoms with Crippen LogP contribution in [0.15, 0.2) is 85.8 Å². The van der Waals surface area contributed by atoms with Gasteiger partial charge in [-0.05, 0) is 47.4 Å². The number of carbonyl (C=O) groups is 1. The van der Waals surface area contributed by atoms with E-state index in [1.807, 2.05) is 47.5 Å². The van der Waals surface area contributed by atoms with Crippen LogP contribution in [0, 0.1) is 5.92 Å². The summed E-state index contributed by atoms with van der Waals surface area (Å²) in [4.78, 5) is 26.1. The Balaban J connectivity index is 1.50. The summed E-state index contributed by atoms with van der Waals surface area (Å²) in [6.07, 6.45) is 7.97. The van der Waals surface area contributed by atoms with Crippen LogP contribution in [0.5, 0.6) is 0 Å². The fourth-order valence-electron chi connectivity index (χ4n) is 4.13. The van der Waals surface area contributed by atoms with Crippen molar-refractivity contribution in [3.8, 4) is 11.1 Å². The molecule has 0 bridgehead atoms. The molecule has 5 nitrogen and oxygen atoms in total. The first-order valence-electron chi connectivity index (χ1n) is 10.7. The molecule has 1 aliphatic heterocycles. The van der Waals surface area contributed by atoms with Crippen molar-refractivity contribution in [2.45, 2.75) is 13.0 Å². The second-order valence-corrected chi connectivity index (χ2v) is 7.96. The Morgan fingerprint density at radius 2 is 1.74 bits per heavy atom. The van der Waals surface area contributed by atoms with Crippen molar-refractivity contribution in [1.82, 2.24) is 19.8 Å². The van der Waals surface area contributed by atoms with E-state index >= 15 is 0 Å². The summed E-state index contributed by atoms with van der Waals surface area (Å²) in [7, 11) is 0. The SMILES string of the molecule is C=CCN1CCN(Cc2ccccn2)C[C@@H](Cc2ccc(-c3ccncc3)cc2)C1=O. The molecule has 0 N–H and O–H groups in total. The van der Waals surface area contributed by atoms with Crippen molar-refractivity contribution < 1.29 is 4.79 Å². The fourth-order valence-corrected chi connectivity index (χ4v) is 4.13. The van der Waals surface area contributed by atoms with Gasteiger partial charge in [-0.1, -0.05) is 36.4 Å². The number of hydrogen-bond acceptors (Lipinski definition) is 4. The van der Waals surface area contributed by atoms with Gasteiger partial charge in [0.25, 0.3) is 0 Å². The summed E-state index contributed by atoms with van der Waals surface area (Å²) >= 11 is 0. The molecule has 1 saturated heterocycles. The minimum Gasteiger partial charge on any atom is -0.337 e. The van der Waals surface area contributed by atoms with Gasteiger partial charge in [0.05, 0.1) is 11.6 Å². The predicted molar refractivity (Wildman–Crippen MR) is 123 cm³/mol. The number of benzene rings is 1. The molecule has 1 aromatic carbocycles. The van der Waals surface area contributed by atoms with Crippen LogP contribution in [0.25, 0.3) is 11.1 Å². The third-order valence-electron chi connectivity index (χ3n) is 5.74. The van der Waals surface area contributed by atoms with Crippen molar-refractivity contribution >= 4 is 5.91 Å². The number of aromatic nitrogens is 2. The molecular weight excluding hydrogens is 384 g/mol. The van der Waals surface area contributed by atoms with Gasteiger partial charge >= 0.3 is 0 Å². The molecule has 4 rings (SSSR count). The molecule has 1 amide bonds. The molecule has 1 atom stereocenters. The molecule has 0 radical (unpaired) electrons. The first kappa shape index (κ1) is 20.9. The Morgan fingerprint density at radius 3 is 2.45 bits per heavy atom. The Bertz CT molecular complexity index is 989. The van der Waals surface area contributed by atoms with Gasteiger partial charge in [0, 0.05) is 51.3 Å². The molecule has 0 aliphatic carbocycles. The summed E-state index contributed by atoms with van der Waals surface area (Å²) in [6.45, 7) is 7.47. The smallest absolute Gasteiger partial charge is 0.227 e. The lowest BCUT2D eigenvalue weighted by molar-refractivity contribution is -0.134. The van der Waals surface area contributed by atoms with Crippen molar-refractivity contribution in [1.29, 1.82) is 0 Å². The van der Waals surface area contributed by atoms with E-state index in [1.165, 1.54) is 5.56 Å². The van der Waals surface area contributed by atoms with E-state index < -0.39 is 0 Å². The van der Waals surface area contributed by atoms with E-state index in [0.29, 0.717) is 6.54 Å². The van der Waals surface area contributed by atoms with E-state index in [1.54, 1.807) is 12.4 Å². The van der Waals surface area contributed by atoms with Crippen molar-refractivity contribution in [2.24, 2.45) is 5.92 Å². The van der Waals surface area contributed by atoms with Crippen LogP contribution in [0.2, 0.25) is 0 Å². The first-order chi connectivity index (χ1) is 15.2. The number of nitrogens with zero attached hydrogens (tertiary/aromatic N) is 4. The Kier molecular flexibility index (Phi) is 6.85. The maximum Gasteiger partial charge on any atom is 0.227 e. The topological polar surface area (TPSA) is 49.3 Å². The van der Waals surface area contributed by atoms with Gasteiger partial charge in [-0.3, -0.25) is 19.7 Å². The summed E-state index contributed by atoms with van der Waals surface area (Å²) in [5.74, 6) is 0.125. The predicted octanol–water partition coefficient (Wildman–Crippen LogP) is 3.83. The minimum atomic E-state index is -0.0852. The normalized spacial score (nSPS) is 17.4. The van der Waals surface area contributed by atoms with Gasteiger partial charge in [-0.15, -0.1) is 6.58 Å². The standard InChI is InChI=1S/C26H28N4O/c1-2-15-30-17-16-29(20-25-5-3-4-12-28-25)19-24(26(30)31)18-21-6-8-22(9-7-21)23-10-13-27-14-11-23/h2-14,24H,1,15-20H2/t24-/m1/s1. The van der Waals surface area contributed by atoms with Crippen LogP contribution < -0.4 is 0 Å². The minimum absolute atomic E-state index is 0.0852. The van der Waals surface area contributed by atoms with Gasteiger partial charge < -0.3 is 4.90 Å². The summed E-state index contributed by atoms with van der Waals surface area (Å²) in [5, 5.41) is 0. The van der Waals surface area contributed by atoms with Gasteiger partial charge in [-0.2, -0.15) is 0 Å². The zero-order valence-corrected chi connectivity index (χ0v) is 17.7. The molecule has 2 aromatic heterocycles. The van der Waals surface area contributed by atoms with E-state index in [-0.39, 0.29) is 11.8 Å². The second kappa shape index (κ2) is 10.1. The van der Waals surface area contributed by atoms with Crippen molar-refractivity contribution in [2.75, 3.05) is 26.2 Å². The fraction of sp³-hybridized carbons (Fsp3) is 0.269. The highest BCUT2D eigenvalue weighted by Gasteiger charge is 2.30. The number of rotatable bonds is 7. The molecule has 3 heterocycles. The summed E-state index contributed by atoms with van der Waals surface area (Å²) in [6, 6.07) is 18.5. The van der Waals surface area contributed by atoms with E-state index in [2.05, 4.69) is 45.7 Å². The first-order valence-corrected chi connectivity index (χ1v) is 10.7. The second-order valence-electron chi connectivity index (χ2n) is 7.96. The Labute approximate surface area is 184 Å². The third-order valence-corrected chi connectivity index (χ3v) is 5.74. The molecular formula is C26H28N4O. The van der Waals surface area contributed by atoms with E-state index in [0.717, 1.165) is 49.4 Å². The molecule has 5 heteroatoms. The highest BCUT2D eigenvalue weighted by atomic mass is 16.2. The van der Waals surface area contributed by atoms with E-state index in [9.17, 15) is 4.79 Å². The maximum atomic E-state index is 13.3. The summed E-state index contributed by atoms with van der Waals surface area (Å²) < 4.78 is 0. The van der Waals surface area contributed by atoms with Gasteiger partial charge in [0.1, 0.15) is 0 Å². The largest absolute Gasteiger partial charge is 0.337 e. The third kappa shape index (κ3) is 5.44. The zero-order chi connectivity index (χ0) is 21.5. The lowest BCUT2D eigenvalue weighted by Gasteiger charge is -2.23. The molecule has 0 saturated carbocycles. The van der Waals surface area contributed by atoms with Gasteiger partial charge in [0.2, 0.25) is 5.91 Å². The quantitative estimate of drug-likeness (QED) is 0.554. The monoisotopic (exact) mass is 412 g/mol. The van der Waals surface area contributed by atoms with Crippen LogP contribution in [0.3, 0.4) is 0 Å². The number of pyridine rings is 2. The number of hydrogen-bond donors (Lipinski definition) is 0. The Morgan fingerprint density at radius 1 is 0.968 bits per heavy atom. The molecule has 0 unspecified atom stereocenters. The van der Waals surface area contributed by atoms with Gasteiger partial charge in [0.15, 0.2) is 0 Å². The zero-order valence-electron chi connectivity index (χ0n) is 17.7. The highest BCUT2D eigenvalue weighted by Crippen LogP contribution is 2.22. The lowest BCUT2D eigenvalue weighted by atomic mass is 9.95. The number of carbonyl (C=O) groups excluding carboxylic acids is 1. The van der Waals surface area contributed by atoms with Crippen LogP contribution in [0.1, 0.15) is 11.3 Å². The number of amides is 1. The molecule has 0 spiro atoms. The van der Waals surface area contributed by atoms with Crippen molar-refractivity contribution in [3.63, 3.8) is 0 Å². The summed E-state index contributed by atoms with van der Waals surface area (Å²) in [5.41, 5.74) is 4.51. The molecule has 1 aliphatic rings. The Hall–Kier alpha value is -3.31. The molecule has 3 aromatic rings. The molecule has 158 valence electrons. The highest BCUT2D eigenvalue weighted by molar-refractivity contribution is 5.80. The molecule has 1 fully saturated rings. The molecule has 31 heavy (non-hydrogen) atoms. The average molecular weight is 413 g/mol. The van der Waals surface area contributed by atoms with Crippen LogP contribution in [-0.4, -0.2) is 51.9 Å².